The van der Waals surface area contributed by atoms with Gasteiger partial charge in [0.2, 0.25) is 0 Å². The predicted octanol–water partition coefficient (Wildman–Crippen LogP) is 3.97. The van der Waals surface area contributed by atoms with Crippen LogP contribution in [0.4, 0.5) is 13.2 Å². The smallest absolute Gasteiger partial charge is 0.381 e. The lowest BCUT2D eigenvalue weighted by molar-refractivity contribution is -0.137. The number of nitrogens with zero attached hydrogens (tertiary/aromatic N) is 4. The molecule has 4 heterocycles. The minimum absolute atomic E-state index is 0. The van der Waals surface area contributed by atoms with Crippen molar-refractivity contribution in [1.82, 2.24) is 19.9 Å². The molecule has 0 N–H and O–H groups in total. The molecule has 0 amide bonds. The van der Waals surface area contributed by atoms with E-state index in [2.05, 4.69) is 15.2 Å². The second-order valence-corrected chi connectivity index (χ2v) is 8.14. The van der Waals surface area contributed by atoms with E-state index in [0.29, 0.717) is 23.9 Å². The van der Waals surface area contributed by atoms with E-state index in [0.717, 1.165) is 57.0 Å². The van der Waals surface area contributed by atoms with Crippen LogP contribution in [-0.2, 0) is 22.3 Å². The first-order valence-electron chi connectivity index (χ1n) is 9.66. The second-order valence-electron chi connectivity index (χ2n) is 7.74. The van der Waals surface area contributed by atoms with Gasteiger partial charge < -0.3 is 9.47 Å². The number of halogens is 5. The molecule has 1 aromatic heterocycles. The Hall–Kier alpha value is -1.39. The summed E-state index contributed by atoms with van der Waals surface area (Å²) in [6.45, 7) is 3.52. The van der Waals surface area contributed by atoms with Crippen LogP contribution in [0.25, 0.3) is 11.3 Å². The summed E-state index contributed by atoms with van der Waals surface area (Å²) in [6.07, 6.45) is -2.39. The Bertz CT molecular complexity index is 918. The van der Waals surface area contributed by atoms with Crippen LogP contribution in [0.5, 0.6) is 0 Å². The van der Waals surface area contributed by atoms with Gasteiger partial charge in [-0.2, -0.15) is 13.2 Å². The summed E-state index contributed by atoms with van der Waals surface area (Å²) in [5.74, 6) is 0. The van der Waals surface area contributed by atoms with Crippen LogP contribution in [0.2, 0.25) is 5.02 Å². The highest BCUT2D eigenvalue weighted by Crippen LogP contribution is 2.39. The highest BCUT2D eigenvalue weighted by atomic mass is 35.5. The Kier molecular flexibility index (Phi) is 6.02. The number of alkyl halides is 3. The maximum Gasteiger partial charge on any atom is 0.416 e. The molecule has 0 aliphatic carbocycles. The summed E-state index contributed by atoms with van der Waals surface area (Å²) in [5, 5.41) is 8.57. The fourth-order valence-electron chi connectivity index (χ4n) is 4.53. The Morgan fingerprint density at radius 1 is 1.13 bits per heavy atom. The van der Waals surface area contributed by atoms with E-state index < -0.39 is 11.7 Å². The first-order chi connectivity index (χ1) is 13.9. The minimum Gasteiger partial charge on any atom is -0.381 e. The molecule has 0 bridgehead atoms. The number of hydrogen-bond donors (Lipinski definition) is 0. The topological polar surface area (TPSA) is 52.4 Å². The third kappa shape index (κ3) is 3.82. The number of rotatable bonds is 2. The predicted molar refractivity (Wildman–Crippen MR) is 106 cm³/mol. The lowest BCUT2D eigenvalue weighted by atomic mass is 10.1. The zero-order chi connectivity index (χ0) is 20.2. The Morgan fingerprint density at radius 2 is 1.90 bits per heavy atom. The van der Waals surface area contributed by atoms with Crippen molar-refractivity contribution >= 4 is 24.0 Å². The first-order valence-corrected chi connectivity index (χ1v) is 10.0. The monoisotopic (exact) mass is 464 g/mol. The number of benzene rings is 1. The number of fused-ring (bicyclic) bond motifs is 3. The zero-order valence-electron chi connectivity index (χ0n) is 15.9. The molecule has 164 valence electrons. The van der Waals surface area contributed by atoms with Crippen molar-refractivity contribution in [2.45, 2.75) is 43.8 Å². The van der Waals surface area contributed by atoms with Crippen LogP contribution in [0, 0.1) is 0 Å². The summed E-state index contributed by atoms with van der Waals surface area (Å²) < 4.78 is 52.2. The molecule has 6 nitrogen and oxygen atoms in total. The van der Waals surface area contributed by atoms with Gasteiger partial charge >= 0.3 is 6.18 Å². The van der Waals surface area contributed by atoms with E-state index in [1.807, 2.05) is 4.68 Å². The van der Waals surface area contributed by atoms with Gasteiger partial charge in [-0.15, -0.1) is 17.5 Å². The summed E-state index contributed by atoms with van der Waals surface area (Å²) in [5.41, 5.74) is 0.877. The van der Waals surface area contributed by atoms with Crippen molar-refractivity contribution in [2.24, 2.45) is 0 Å². The van der Waals surface area contributed by atoms with Gasteiger partial charge in [0.25, 0.3) is 0 Å². The van der Waals surface area contributed by atoms with Crippen molar-refractivity contribution in [3.8, 4) is 11.3 Å². The largest absolute Gasteiger partial charge is 0.416 e. The molecular formula is C19H21Cl2F3N4O2. The molecule has 5 rings (SSSR count). The third-order valence-corrected chi connectivity index (χ3v) is 6.38. The lowest BCUT2D eigenvalue weighted by Crippen LogP contribution is -2.38. The molecule has 3 aliphatic heterocycles. The highest BCUT2D eigenvalue weighted by Gasteiger charge is 2.43. The molecule has 11 heteroatoms. The van der Waals surface area contributed by atoms with E-state index >= 15 is 0 Å². The van der Waals surface area contributed by atoms with E-state index in [4.69, 9.17) is 21.1 Å². The average molecular weight is 465 g/mol. The van der Waals surface area contributed by atoms with E-state index in [-0.39, 0.29) is 29.6 Å². The third-order valence-electron chi connectivity index (χ3n) is 6.06. The summed E-state index contributed by atoms with van der Waals surface area (Å²) in [6, 6.07) is 3.81. The molecule has 2 atom stereocenters. The van der Waals surface area contributed by atoms with E-state index in [9.17, 15) is 13.2 Å². The average Bonchev–Trinajstić information content (AvgIpc) is 3.32. The van der Waals surface area contributed by atoms with Crippen molar-refractivity contribution in [2.75, 3.05) is 26.3 Å². The standard InChI is InChI=1S/C19H20ClF3N4O2.ClH/c20-14-7-11(19(21,22)23)1-2-13(14)18-16-10-29-17-9-26(12-3-5-28-6-4-12)8-15(17)27(16)25-24-18;/h1-2,7,12,15,17H,3-6,8-10H2;1H/t15-,17-;/m0./s1. The fraction of sp³-hybridized carbons (Fsp3) is 0.579. The lowest BCUT2D eigenvalue weighted by Gasteiger charge is -2.30. The molecule has 0 radical (unpaired) electrons. The van der Waals surface area contributed by atoms with Gasteiger partial charge in [-0.3, -0.25) is 4.90 Å². The number of hydrogen-bond acceptors (Lipinski definition) is 5. The molecule has 2 fully saturated rings. The molecule has 30 heavy (non-hydrogen) atoms. The molecule has 0 unspecified atom stereocenters. The van der Waals surface area contributed by atoms with Gasteiger partial charge in [0, 0.05) is 37.9 Å². The Morgan fingerprint density at radius 3 is 2.60 bits per heavy atom. The minimum atomic E-state index is -4.44. The van der Waals surface area contributed by atoms with Gasteiger partial charge in [0.15, 0.2) is 0 Å². The highest BCUT2D eigenvalue weighted by molar-refractivity contribution is 6.33. The summed E-state index contributed by atoms with van der Waals surface area (Å²) in [4.78, 5) is 2.43. The zero-order valence-corrected chi connectivity index (χ0v) is 17.5. The Labute approximate surface area is 182 Å². The van der Waals surface area contributed by atoms with Crippen LogP contribution in [-0.4, -0.2) is 58.3 Å². The SMILES string of the molecule is Cl.FC(F)(F)c1ccc(-c2nnn3c2CO[C@H]2CN(C4CCOCC4)C[C@@H]23)c(Cl)c1. The molecule has 2 saturated heterocycles. The first kappa shape index (κ1) is 21.8. The van der Waals surface area contributed by atoms with Crippen molar-refractivity contribution < 1.29 is 22.6 Å². The maximum absolute atomic E-state index is 12.9. The quantitative estimate of drug-likeness (QED) is 0.672. The van der Waals surface area contributed by atoms with Gasteiger partial charge in [-0.05, 0) is 25.0 Å². The molecule has 1 aromatic carbocycles. The maximum atomic E-state index is 12.9. The van der Waals surface area contributed by atoms with E-state index in [1.54, 1.807) is 0 Å². The molecular weight excluding hydrogens is 444 g/mol. The summed E-state index contributed by atoms with van der Waals surface area (Å²) >= 11 is 6.17. The van der Waals surface area contributed by atoms with Crippen molar-refractivity contribution in [3.63, 3.8) is 0 Å². The summed E-state index contributed by atoms with van der Waals surface area (Å²) in [7, 11) is 0. The number of ether oxygens (including phenoxy) is 2. The van der Waals surface area contributed by atoms with Crippen LogP contribution in [0.3, 0.4) is 0 Å². The van der Waals surface area contributed by atoms with E-state index in [1.165, 1.54) is 6.07 Å². The van der Waals surface area contributed by atoms with Crippen molar-refractivity contribution in [1.29, 1.82) is 0 Å². The van der Waals surface area contributed by atoms with Gasteiger partial charge in [-0.1, -0.05) is 22.9 Å². The fourth-order valence-corrected chi connectivity index (χ4v) is 4.80. The molecule has 0 saturated carbocycles. The Balaban J connectivity index is 0.00000218. The molecule has 0 spiro atoms. The van der Waals surface area contributed by atoms with Crippen LogP contribution >= 0.6 is 24.0 Å². The number of aromatic nitrogens is 3. The number of likely N-dealkylation sites (tertiary alicyclic amines) is 1. The second kappa shape index (κ2) is 8.27. The molecule has 3 aliphatic rings. The van der Waals surface area contributed by atoms with Gasteiger partial charge in [0.05, 0.1) is 35.0 Å². The van der Waals surface area contributed by atoms with Crippen LogP contribution < -0.4 is 0 Å². The van der Waals surface area contributed by atoms with Crippen LogP contribution in [0.15, 0.2) is 18.2 Å². The van der Waals surface area contributed by atoms with Crippen molar-refractivity contribution in [3.05, 3.63) is 34.5 Å². The normalized spacial score (nSPS) is 24.9. The van der Waals surface area contributed by atoms with Gasteiger partial charge in [-0.25, -0.2) is 4.68 Å². The molecule has 2 aromatic rings. The van der Waals surface area contributed by atoms with Crippen LogP contribution in [0.1, 0.15) is 30.1 Å². The van der Waals surface area contributed by atoms with Gasteiger partial charge in [0.1, 0.15) is 5.69 Å².